The van der Waals surface area contributed by atoms with E-state index in [-0.39, 0.29) is 5.91 Å². The summed E-state index contributed by atoms with van der Waals surface area (Å²) < 4.78 is 6.58. The molecule has 2 aliphatic carbocycles. The van der Waals surface area contributed by atoms with Crippen LogP contribution in [-0.2, 0) is 4.79 Å². The van der Waals surface area contributed by atoms with Crippen LogP contribution in [0.4, 0.5) is 11.6 Å². The van der Waals surface area contributed by atoms with Crippen LogP contribution >= 0.6 is 0 Å². The van der Waals surface area contributed by atoms with Crippen molar-refractivity contribution >= 4 is 28.3 Å². The van der Waals surface area contributed by atoms with E-state index in [1.165, 1.54) is 32.1 Å². The molecule has 0 unspecified atom stereocenters. The Labute approximate surface area is 246 Å². The summed E-state index contributed by atoms with van der Waals surface area (Å²) in [5, 5.41) is 12.0. The van der Waals surface area contributed by atoms with Gasteiger partial charge in [-0.25, -0.2) is 15.0 Å². The van der Waals surface area contributed by atoms with Gasteiger partial charge in [0.15, 0.2) is 0 Å². The van der Waals surface area contributed by atoms with Gasteiger partial charge >= 0.3 is 0 Å². The fourth-order valence-electron chi connectivity index (χ4n) is 7.02. The third kappa shape index (κ3) is 5.43. The number of pyridine rings is 1. The zero-order valence-electron chi connectivity index (χ0n) is 24.2. The lowest BCUT2D eigenvalue weighted by atomic mass is 10.00. The second kappa shape index (κ2) is 11.3. The summed E-state index contributed by atoms with van der Waals surface area (Å²) in [5.41, 5.74) is 3.79. The largest absolute Gasteiger partial charge is 0.437 e. The van der Waals surface area contributed by atoms with Crippen LogP contribution in [0.25, 0.3) is 22.0 Å². The Morgan fingerprint density at radius 2 is 1.93 bits per heavy atom. The number of aryl methyl sites for hydroxylation is 1. The number of amides is 1. The van der Waals surface area contributed by atoms with Crippen LogP contribution in [0, 0.1) is 18.3 Å². The van der Waals surface area contributed by atoms with Crippen molar-refractivity contribution in [1.29, 1.82) is 0 Å². The molecule has 0 radical (unpaired) electrons. The Kier molecular flexibility index (Phi) is 7.24. The lowest BCUT2D eigenvalue weighted by Crippen LogP contribution is -2.38. The number of fused-ring (bicyclic) bond motifs is 1. The number of piperidine rings is 1. The quantitative estimate of drug-likeness (QED) is 0.216. The molecule has 0 bridgehead atoms. The molecule has 42 heavy (non-hydrogen) atoms. The molecule has 7 rings (SSSR count). The molecule has 1 amide bonds. The van der Waals surface area contributed by atoms with Crippen molar-refractivity contribution < 1.29 is 9.53 Å². The average molecular weight is 563 g/mol. The van der Waals surface area contributed by atoms with Gasteiger partial charge in [-0.3, -0.25) is 4.79 Å². The minimum atomic E-state index is 0.100. The molecule has 1 spiro atoms. The van der Waals surface area contributed by atoms with E-state index in [4.69, 9.17) is 9.72 Å². The highest BCUT2D eigenvalue weighted by atomic mass is 16.5. The van der Waals surface area contributed by atoms with Crippen molar-refractivity contribution in [3.05, 3.63) is 66.5 Å². The lowest BCUT2D eigenvalue weighted by Gasteiger charge is -2.23. The van der Waals surface area contributed by atoms with Crippen molar-refractivity contribution in [3.8, 4) is 22.9 Å². The topological polar surface area (TPSA) is 101 Å². The van der Waals surface area contributed by atoms with Gasteiger partial charge in [0, 0.05) is 47.9 Å². The first-order valence-electron chi connectivity index (χ1n) is 15.3. The summed E-state index contributed by atoms with van der Waals surface area (Å²) in [6.45, 7) is 3.98. The number of hydrogen-bond acceptors (Lipinski definition) is 7. The number of anilines is 2. The first kappa shape index (κ1) is 26.8. The normalized spacial score (nSPS) is 20.9. The Bertz CT molecular complexity index is 1610. The second-order valence-corrected chi connectivity index (χ2v) is 12.2. The fourth-order valence-corrected chi connectivity index (χ4v) is 7.02. The molecule has 2 aromatic carbocycles. The molecule has 2 atom stereocenters. The summed E-state index contributed by atoms with van der Waals surface area (Å²) in [4.78, 5) is 26.9. The highest BCUT2D eigenvalue weighted by Crippen LogP contribution is 2.64. The Morgan fingerprint density at radius 1 is 1.02 bits per heavy atom. The van der Waals surface area contributed by atoms with Gasteiger partial charge in [-0.15, -0.1) is 0 Å². The number of carbonyl (C=O) groups excluding carboxylic acids is 1. The first-order valence-corrected chi connectivity index (χ1v) is 15.3. The molecule has 3 heterocycles. The maximum Gasteiger partial charge on any atom is 0.228 e. The molecule has 3 fully saturated rings. The molecule has 8 nitrogen and oxygen atoms in total. The van der Waals surface area contributed by atoms with Gasteiger partial charge in [0.05, 0.1) is 11.3 Å². The van der Waals surface area contributed by atoms with Crippen LogP contribution in [0.2, 0.25) is 0 Å². The van der Waals surface area contributed by atoms with E-state index in [0.717, 1.165) is 65.0 Å². The van der Waals surface area contributed by atoms with Crippen molar-refractivity contribution in [3.63, 3.8) is 0 Å². The number of rotatable bonds is 8. The van der Waals surface area contributed by atoms with Crippen LogP contribution in [0.5, 0.6) is 11.6 Å². The summed E-state index contributed by atoms with van der Waals surface area (Å²) in [5.74, 6) is 2.43. The van der Waals surface area contributed by atoms with Gasteiger partial charge in [-0.05, 0) is 86.7 Å². The number of ether oxygens (including phenoxy) is 1. The van der Waals surface area contributed by atoms with E-state index >= 15 is 0 Å². The van der Waals surface area contributed by atoms with E-state index in [0.29, 0.717) is 35.6 Å². The molecule has 4 aromatic rings. The summed E-state index contributed by atoms with van der Waals surface area (Å²) in [6.07, 6.45) is 12.8. The lowest BCUT2D eigenvalue weighted by molar-refractivity contribution is -0.116. The zero-order chi connectivity index (χ0) is 28.5. The molecule has 2 aromatic heterocycles. The number of carbonyl (C=O) groups is 1. The number of hydrogen-bond donors (Lipinski definition) is 3. The molecular weight excluding hydrogens is 524 g/mol. The minimum absolute atomic E-state index is 0.100. The Balaban J connectivity index is 1.14. The fraction of sp³-hybridized carbons (Fsp3) is 0.412. The van der Waals surface area contributed by atoms with Gasteiger partial charge in [0.25, 0.3) is 0 Å². The number of nitrogens with zero attached hydrogens (tertiary/aromatic N) is 3. The van der Waals surface area contributed by atoms with E-state index in [1.807, 2.05) is 49.4 Å². The number of aromatic nitrogens is 3. The predicted molar refractivity (Wildman–Crippen MR) is 166 cm³/mol. The number of benzene rings is 2. The van der Waals surface area contributed by atoms with E-state index in [1.54, 1.807) is 12.4 Å². The van der Waals surface area contributed by atoms with Crippen LogP contribution in [-0.4, -0.2) is 40.0 Å². The van der Waals surface area contributed by atoms with E-state index in [2.05, 4.69) is 32.0 Å². The van der Waals surface area contributed by atoms with Crippen molar-refractivity contribution in [2.24, 2.45) is 11.3 Å². The van der Waals surface area contributed by atoms with Crippen LogP contribution in [0.3, 0.4) is 0 Å². The van der Waals surface area contributed by atoms with Crippen molar-refractivity contribution in [1.82, 2.24) is 20.3 Å². The molecule has 1 aliphatic heterocycles. The maximum absolute atomic E-state index is 13.1. The van der Waals surface area contributed by atoms with Crippen LogP contribution in [0.1, 0.15) is 56.9 Å². The summed E-state index contributed by atoms with van der Waals surface area (Å²) in [7, 11) is 0. The van der Waals surface area contributed by atoms with Crippen LogP contribution in [0.15, 0.2) is 60.9 Å². The van der Waals surface area contributed by atoms with Gasteiger partial charge in [0.1, 0.15) is 5.75 Å². The molecule has 3 N–H and O–H groups in total. The van der Waals surface area contributed by atoms with E-state index < -0.39 is 0 Å². The van der Waals surface area contributed by atoms with E-state index in [9.17, 15) is 4.79 Å². The van der Waals surface area contributed by atoms with Gasteiger partial charge in [-0.1, -0.05) is 37.1 Å². The highest BCUT2D eigenvalue weighted by Gasteiger charge is 2.55. The third-order valence-corrected chi connectivity index (χ3v) is 9.40. The smallest absolute Gasteiger partial charge is 0.228 e. The third-order valence-electron chi connectivity index (χ3n) is 9.40. The second-order valence-electron chi connectivity index (χ2n) is 12.2. The average Bonchev–Trinajstić information content (AvgIpc) is 3.44. The minimum Gasteiger partial charge on any atom is -0.437 e. The Hall–Kier alpha value is -4.04. The van der Waals surface area contributed by atoms with Gasteiger partial charge < -0.3 is 20.7 Å². The molecule has 1 saturated heterocycles. The molecule has 216 valence electrons. The van der Waals surface area contributed by atoms with Crippen molar-refractivity contribution in [2.45, 2.75) is 64.3 Å². The number of nitrogens with one attached hydrogen (secondary N) is 3. The molecule has 8 heteroatoms. The van der Waals surface area contributed by atoms with Gasteiger partial charge in [0.2, 0.25) is 17.7 Å². The zero-order valence-corrected chi connectivity index (χ0v) is 24.2. The monoisotopic (exact) mass is 562 g/mol. The standard InChI is InChI=1S/C34H38N6O2/c1-22-11-12-25-26(8-4-10-28(25)39-30(41)19-23-20-34(23)14-2-3-15-34)31(22)42-32-27(9-6-17-36-32)29-13-18-37-33(40-29)38-24-7-5-16-35-21-24/h4,6,8-13,17-18,23-24,35H,2-3,5,7,14-16,19-21H2,1H3,(H,39,41)(H,37,38,40)/t23-,24+/m1/s1. The van der Waals surface area contributed by atoms with Crippen LogP contribution < -0.4 is 20.7 Å². The highest BCUT2D eigenvalue weighted by molar-refractivity contribution is 6.04. The first-order chi connectivity index (χ1) is 20.6. The molecular formula is C34H38N6O2. The molecule has 3 aliphatic rings. The SMILES string of the molecule is Cc1ccc2c(NC(=O)C[C@@H]3CC34CCCC4)cccc2c1Oc1ncccc1-c1ccnc(N[C@H]2CCCNC2)n1. The predicted octanol–water partition coefficient (Wildman–Crippen LogP) is 6.87. The maximum atomic E-state index is 13.1. The van der Waals surface area contributed by atoms with Gasteiger partial charge in [-0.2, -0.15) is 0 Å². The summed E-state index contributed by atoms with van der Waals surface area (Å²) >= 11 is 0. The Morgan fingerprint density at radius 3 is 2.79 bits per heavy atom. The van der Waals surface area contributed by atoms with Crippen molar-refractivity contribution in [2.75, 3.05) is 23.7 Å². The summed E-state index contributed by atoms with van der Waals surface area (Å²) in [6, 6.07) is 16.1. The molecule has 2 saturated carbocycles.